The number of hydrogen-bond donors (Lipinski definition) is 1. The maximum Gasteiger partial charge on any atom is 0.0302 e. The van der Waals surface area contributed by atoms with Gasteiger partial charge in [0.25, 0.3) is 0 Å². The van der Waals surface area contributed by atoms with Gasteiger partial charge in [-0.2, -0.15) is 0 Å². The molecule has 0 saturated carbocycles. The van der Waals surface area contributed by atoms with Crippen LogP contribution in [0.25, 0.3) is 0 Å². The van der Waals surface area contributed by atoms with Crippen LogP contribution >= 0.6 is 11.8 Å². The summed E-state index contributed by atoms with van der Waals surface area (Å²) in [7, 11) is 0. The Morgan fingerprint density at radius 1 is 1.53 bits per heavy atom. The molecule has 0 fully saturated rings. The predicted octanol–water partition coefficient (Wildman–Crippen LogP) is 3.09. The van der Waals surface area contributed by atoms with Crippen LogP contribution < -0.4 is 5.32 Å². The maximum atomic E-state index is 5.47. The lowest BCUT2D eigenvalue weighted by molar-refractivity contribution is 0.503. The molecule has 0 amide bonds. The van der Waals surface area contributed by atoms with Crippen LogP contribution in [0.15, 0.2) is 29.2 Å². The highest BCUT2D eigenvalue weighted by Crippen LogP contribution is 2.38. The first-order chi connectivity index (χ1) is 8.35. The van der Waals surface area contributed by atoms with Gasteiger partial charge < -0.3 is 5.32 Å². The molecule has 1 nitrogen and oxygen atoms in total. The predicted molar refractivity (Wildman–Crippen MR) is 75.3 cm³/mol. The van der Waals surface area contributed by atoms with E-state index in [2.05, 4.69) is 42.4 Å². The Labute approximate surface area is 108 Å². The van der Waals surface area contributed by atoms with E-state index < -0.39 is 0 Å². The highest BCUT2D eigenvalue weighted by molar-refractivity contribution is 8.00. The van der Waals surface area contributed by atoms with Gasteiger partial charge in [0.1, 0.15) is 0 Å². The van der Waals surface area contributed by atoms with Crippen LogP contribution in [0, 0.1) is 12.3 Å². The molecule has 0 radical (unpaired) electrons. The Hall–Kier alpha value is -0.910. The molecule has 2 unspecified atom stereocenters. The van der Waals surface area contributed by atoms with Crippen LogP contribution in [0.5, 0.6) is 0 Å². The lowest BCUT2D eigenvalue weighted by atomic mass is 10.0. The van der Waals surface area contributed by atoms with Gasteiger partial charge in [0.2, 0.25) is 0 Å². The second kappa shape index (κ2) is 6.14. The molecule has 17 heavy (non-hydrogen) atoms. The highest BCUT2D eigenvalue weighted by Gasteiger charge is 2.28. The first-order valence-corrected chi connectivity index (χ1v) is 7.14. The largest absolute Gasteiger partial charge is 0.312 e. The molecular weight excluding hydrogens is 226 g/mol. The number of thioether (sulfide) groups is 1. The molecule has 0 aliphatic carbocycles. The van der Waals surface area contributed by atoms with Crippen molar-refractivity contribution in [1.82, 2.24) is 5.32 Å². The van der Waals surface area contributed by atoms with Crippen molar-refractivity contribution < 1.29 is 0 Å². The molecule has 1 aliphatic rings. The van der Waals surface area contributed by atoms with Gasteiger partial charge in [-0.1, -0.05) is 25.1 Å². The average molecular weight is 245 g/mol. The normalized spacial score (nSPS) is 19.6. The van der Waals surface area contributed by atoms with E-state index in [0.717, 1.165) is 25.8 Å². The SMILES string of the molecule is C#CCC(NCCC)C1Cc2ccccc2S1. The Morgan fingerprint density at radius 3 is 3.06 bits per heavy atom. The highest BCUT2D eigenvalue weighted by atomic mass is 32.2. The third kappa shape index (κ3) is 3.06. The van der Waals surface area contributed by atoms with E-state index >= 15 is 0 Å². The number of nitrogens with one attached hydrogen (secondary N) is 1. The maximum absolute atomic E-state index is 5.47. The number of fused-ring (bicyclic) bond motifs is 1. The van der Waals surface area contributed by atoms with Gasteiger partial charge in [-0.25, -0.2) is 0 Å². The van der Waals surface area contributed by atoms with Crippen LogP contribution in [0.1, 0.15) is 25.3 Å². The first-order valence-electron chi connectivity index (χ1n) is 6.26. The molecule has 1 heterocycles. The zero-order valence-corrected chi connectivity index (χ0v) is 11.1. The van der Waals surface area contributed by atoms with E-state index in [4.69, 9.17) is 6.42 Å². The summed E-state index contributed by atoms with van der Waals surface area (Å²) >= 11 is 1.98. The van der Waals surface area contributed by atoms with Crippen LogP contribution in [-0.2, 0) is 6.42 Å². The van der Waals surface area contributed by atoms with Gasteiger partial charge in [-0.05, 0) is 31.0 Å². The van der Waals surface area contributed by atoms with E-state index in [1.54, 1.807) is 0 Å². The second-order valence-electron chi connectivity index (χ2n) is 4.44. The summed E-state index contributed by atoms with van der Waals surface area (Å²) in [6.07, 6.45) is 8.60. The summed E-state index contributed by atoms with van der Waals surface area (Å²) in [4.78, 5) is 1.43. The monoisotopic (exact) mass is 245 g/mol. The third-order valence-corrected chi connectivity index (χ3v) is 4.57. The molecule has 1 aromatic carbocycles. The van der Waals surface area contributed by atoms with E-state index in [-0.39, 0.29) is 0 Å². The van der Waals surface area contributed by atoms with E-state index in [0.29, 0.717) is 11.3 Å². The van der Waals surface area contributed by atoms with Gasteiger partial charge in [-0.15, -0.1) is 24.1 Å². The fraction of sp³-hybridized carbons (Fsp3) is 0.467. The van der Waals surface area contributed by atoms with E-state index in [9.17, 15) is 0 Å². The first kappa shape index (κ1) is 12.5. The van der Waals surface area contributed by atoms with Crippen molar-refractivity contribution in [2.45, 2.75) is 42.4 Å². The van der Waals surface area contributed by atoms with Crippen molar-refractivity contribution in [3.8, 4) is 12.3 Å². The summed E-state index contributed by atoms with van der Waals surface area (Å²) in [5, 5.41) is 4.18. The van der Waals surface area contributed by atoms with Gasteiger partial charge in [-0.3, -0.25) is 0 Å². The standard InChI is InChI=1S/C15H19NS/c1-3-7-13(16-10-4-2)15-11-12-8-5-6-9-14(12)17-15/h1,5-6,8-9,13,15-16H,4,7,10-11H2,2H3. The molecular formula is C15H19NS. The number of terminal acetylenes is 1. The van der Waals surface area contributed by atoms with E-state index in [1.165, 1.54) is 10.5 Å². The number of rotatable bonds is 5. The third-order valence-electron chi connectivity index (χ3n) is 3.12. The molecule has 2 rings (SSSR count). The molecule has 0 aromatic heterocycles. The van der Waals surface area contributed by atoms with Crippen LogP contribution in [0.4, 0.5) is 0 Å². The number of hydrogen-bond acceptors (Lipinski definition) is 2. The van der Waals surface area contributed by atoms with Crippen molar-refractivity contribution in [1.29, 1.82) is 0 Å². The minimum Gasteiger partial charge on any atom is -0.312 e. The molecule has 2 atom stereocenters. The zero-order chi connectivity index (χ0) is 12.1. The minimum absolute atomic E-state index is 0.442. The van der Waals surface area contributed by atoms with Crippen molar-refractivity contribution in [2.75, 3.05) is 6.54 Å². The lowest BCUT2D eigenvalue weighted by Gasteiger charge is -2.22. The minimum atomic E-state index is 0.442. The topological polar surface area (TPSA) is 12.0 Å². The van der Waals surface area contributed by atoms with Crippen LogP contribution in [0.2, 0.25) is 0 Å². The van der Waals surface area contributed by atoms with Crippen molar-refractivity contribution in [3.05, 3.63) is 29.8 Å². The Kier molecular flexibility index (Phi) is 4.53. The molecule has 1 aliphatic heterocycles. The van der Waals surface area contributed by atoms with Crippen LogP contribution in [-0.4, -0.2) is 17.8 Å². The average Bonchev–Trinajstić information content (AvgIpc) is 2.78. The second-order valence-corrected chi connectivity index (χ2v) is 5.72. The fourth-order valence-corrected chi connectivity index (χ4v) is 3.63. The van der Waals surface area contributed by atoms with Crippen LogP contribution in [0.3, 0.4) is 0 Å². The van der Waals surface area contributed by atoms with Gasteiger partial charge in [0, 0.05) is 22.6 Å². The molecule has 90 valence electrons. The summed E-state index contributed by atoms with van der Waals surface area (Å²) in [5.74, 6) is 2.80. The summed E-state index contributed by atoms with van der Waals surface area (Å²) in [5.41, 5.74) is 1.47. The van der Waals surface area contributed by atoms with Crippen molar-refractivity contribution in [2.24, 2.45) is 0 Å². The quantitative estimate of drug-likeness (QED) is 0.800. The zero-order valence-electron chi connectivity index (χ0n) is 10.3. The molecule has 0 saturated heterocycles. The Balaban J connectivity index is 2.01. The summed E-state index contributed by atoms with van der Waals surface area (Å²) in [6.45, 7) is 3.25. The summed E-state index contributed by atoms with van der Waals surface area (Å²) in [6, 6.07) is 9.13. The van der Waals surface area contributed by atoms with Crippen molar-refractivity contribution >= 4 is 11.8 Å². The van der Waals surface area contributed by atoms with Gasteiger partial charge in [0.15, 0.2) is 0 Å². The Morgan fingerprint density at radius 2 is 2.35 bits per heavy atom. The lowest BCUT2D eigenvalue weighted by Crippen LogP contribution is -2.38. The number of benzene rings is 1. The smallest absolute Gasteiger partial charge is 0.0302 e. The molecule has 2 heteroatoms. The summed E-state index contributed by atoms with van der Waals surface area (Å²) < 4.78 is 0. The van der Waals surface area contributed by atoms with Crippen molar-refractivity contribution in [3.63, 3.8) is 0 Å². The molecule has 0 bridgehead atoms. The fourth-order valence-electron chi connectivity index (χ4n) is 2.23. The Bertz CT molecular complexity index is 383. The molecule has 1 aromatic rings. The van der Waals surface area contributed by atoms with Gasteiger partial charge >= 0.3 is 0 Å². The molecule has 0 spiro atoms. The van der Waals surface area contributed by atoms with Gasteiger partial charge in [0.05, 0.1) is 0 Å². The van der Waals surface area contributed by atoms with E-state index in [1.807, 2.05) is 11.8 Å². The molecule has 1 N–H and O–H groups in total.